The third kappa shape index (κ3) is 1.71. The van der Waals surface area contributed by atoms with Crippen molar-refractivity contribution in [3.05, 3.63) is 0 Å². The molecule has 14 heavy (non-hydrogen) atoms. The number of rotatable bonds is 2. The van der Waals surface area contributed by atoms with Crippen molar-refractivity contribution in [3.8, 4) is 0 Å². The van der Waals surface area contributed by atoms with E-state index in [1.807, 2.05) is 0 Å². The number of hydrogen-bond acceptors (Lipinski definition) is 4. The number of nitrogens with zero attached hydrogens (tertiary/aromatic N) is 4. The lowest BCUT2D eigenvalue weighted by atomic mass is 9.85. The number of H-pyrrole nitrogens is 1. The van der Waals surface area contributed by atoms with Crippen molar-refractivity contribution in [2.75, 3.05) is 11.9 Å². The minimum atomic E-state index is 0.571. The second-order valence-corrected chi connectivity index (χ2v) is 4.15. The van der Waals surface area contributed by atoms with E-state index in [1.165, 1.54) is 25.7 Å². The SMILES string of the molecule is CC1CCCCC1N(C)c1nn[nH]n1. The first-order valence-corrected chi connectivity index (χ1v) is 5.25. The Kier molecular flexibility index (Phi) is 2.65. The fraction of sp³-hybridized carbons (Fsp3) is 0.889. The van der Waals surface area contributed by atoms with Crippen LogP contribution < -0.4 is 4.90 Å². The molecule has 1 aliphatic rings. The highest BCUT2D eigenvalue weighted by atomic mass is 15.5. The number of nitrogens with one attached hydrogen (secondary N) is 1. The van der Waals surface area contributed by atoms with Gasteiger partial charge in [-0.2, -0.15) is 5.21 Å². The Hall–Kier alpha value is -1.13. The average molecular weight is 195 g/mol. The Morgan fingerprint density at radius 2 is 2.14 bits per heavy atom. The van der Waals surface area contributed by atoms with Gasteiger partial charge >= 0.3 is 0 Å². The molecule has 0 spiro atoms. The lowest BCUT2D eigenvalue weighted by Crippen LogP contribution is -2.39. The zero-order valence-corrected chi connectivity index (χ0v) is 8.77. The van der Waals surface area contributed by atoms with Crippen molar-refractivity contribution in [1.29, 1.82) is 0 Å². The van der Waals surface area contributed by atoms with Crippen LogP contribution >= 0.6 is 0 Å². The van der Waals surface area contributed by atoms with Gasteiger partial charge in [0.2, 0.25) is 0 Å². The van der Waals surface area contributed by atoms with Crippen LogP contribution in [0.15, 0.2) is 0 Å². The number of aromatic nitrogens is 4. The van der Waals surface area contributed by atoms with Crippen molar-refractivity contribution in [3.63, 3.8) is 0 Å². The number of hydrogen-bond donors (Lipinski definition) is 1. The molecular weight excluding hydrogens is 178 g/mol. The Morgan fingerprint density at radius 3 is 2.79 bits per heavy atom. The van der Waals surface area contributed by atoms with Crippen molar-refractivity contribution in [1.82, 2.24) is 20.6 Å². The Balaban J connectivity index is 2.06. The first kappa shape index (κ1) is 9.43. The summed E-state index contributed by atoms with van der Waals surface area (Å²) in [7, 11) is 2.05. The quantitative estimate of drug-likeness (QED) is 0.770. The summed E-state index contributed by atoms with van der Waals surface area (Å²) in [5.41, 5.74) is 0. The van der Waals surface area contributed by atoms with Gasteiger partial charge in [0.15, 0.2) is 0 Å². The van der Waals surface area contributed by atoms with Crippen molar-refractivity contribution in [2.24, 2.45) is 5.92 Å². The molecule has 1 N–H and O–H groups in total. The molecule has 1 aromatic rings. The second-order valence-electron chi connectivity index (χ2n) is 4.15. The van der Waals surface area contributed by atoms with Crippen LogP contribution in [0, 0.1) is 5.92 Å². The smallest absolute Gasteiger partial charge is 0.265 e. The molecule has 1 saturated carbocycles. The van der Waals surface area contributed by atoms with Gasteiger partial charge in [-0.25, -0.2) is 0 Å². The van der Waals surface area contributed by atoms with E-state index in [2.05, 4.69) is 39.5 Å². The Morgan fingerprint density at radius 1 is 1.36 bits per heavy atom. The second kappa shape index (κ2) is 3.94. The van der Waals surface area contributed by atoms with Crippen LogP contribution in [-0.4, -0.2) is 33.7 Å². The van der Waals surface area contributed by atoms with Crippen molar-refractivity contribution >= 4 is 5.95 Å². The van der Waals surface area contributed by atoms with Crippen LogP contribution in [-0.2, 0) is 0 Å². The normalized spacial score (nSPS) is 27.6. The summed E-state index contributed by atoms with van der Waals surface area (Å²) in [4.78, 5) is 2.15. The van der Waals surface area contributed by atoms with Crippen LogP contribution in [0.5, 0.6) is 0 Å². The number of anilines is 1. The molecule has 0 saturated heterocycles. The van der Waals surface area contributed by atoms with E-state index in [1.54, 1.807) is 0 Å². The molecule has 2 atom stereocenters. The molecule has 1 heterocycles. The van der Waals surface area contributed by atoms with E-state index in [0.29, 0.717) is 12.0 Å². The molecule has 78 valence electrons. The van der Waals surface area contributed by atoms with E-state index in [4.69, 9.17) is 0 Å². The zero-order valence-electron chi connectivity index (χ0n) is 8.77. The summed E-state index contributed by atoms with van der Waals surface area (Å²) in [6.07, 6.45) is 5.23. The summed E-state index contributed by atoms with van der Waals surface area (Å²) in [6.45, 7) is 2.31. The van der Waals surface area contributed by atoms with Gasteiger partial charge in [0.25, 0.3) is 5.95 Å². The van der Waals surface area contributed by atoms with E-state index in [9.17, 15) is 0 Å². The molecule has 1 aromatic heterocycles. The van der Waals surface area contributed by atoms with Crippen LogP contribution in [0.4, 0.5) is 5.95 Å². The summed E-state index contributed by atoms with van der Waals surface area (Å²) >= 11 is 0. The van der Waals surface area contributed by atoms with Crippen molar-refractivity contribution < 1.29 is 0 Å². The molecule has 2 rings (SSSR count). The maximum absolute atomic E-state index is 4.00. The molecule has 2 unspecified atom stereocenters. The van der Waals surface area contributed by atoms with E-state index in [0.717, 1.165) is 5.92 Å². The van der Waals surface area contributed by atoms with Gasteiger partial charge in [0, 0.05) is 13.1 Å². The molecule has 0 radical (unpaired) electrons. The standard InChI is InChI=1S/C9H17N5/c1-7-5-3-4-6-8(7)14(2)9-10-12-13-11-9/h7-8H,3-6H2,1-2H3,(H,10,11,12,13). The molecule has 5 heteroatoms. The Bertz CT molecular complexity index is 271. The number of aromatic amines is 1. The topological polar surface area (TPSA) is 57.7 Å². The summed E-state index contributed by atoms with van der Waals surface area (Å²) < 4.78 is 0. The largest absolute Gasteiger partial charge is 0.338 e. The molecule has 0 bridgehead atoms. The number of tetrazole rings is 1. The van der Waals surface area contributed by atoms with E-state index < -0.39 is 0 Å². The van der Waals surface area contributed by atoms with Gasteiger partial charge in [-0.05, 0) is 24.0 Å². The summed E-state index contributed by atoms with van der Waals surface area (Å²) in [5.74, 6) is 1.44. The molecule has 0 aromatic carbocycles. The van der Waals surface area contributed by atoms with Gasteiger partial charge in [-0.15, -0.1) is 5.10 Å². The maximum atomic E-state index is 4.00. The molecular formula is C9H17N5. The predicted octanol–water partition coefficient (Wildman–Crippen LogP) is 1.21. The predicted molar refractivity (Wildman–Crippen MR) is 54.0 cm³/mol. The molecule has 5 nitrogen and oxygen atoms in total. The minimum absolute atomic E-state index is 0.571. The summed E-state index contributed by atoms with van der Waals surface area (Å²) in [6, 6.07) is 0.571. The first-order chi connectivity index (χ1) is 6.79. The highest BCUT2D eigenvalue weighted by molar-refractivity contribution is 5.26. The highest BCUT2D eigenvalue weighted by Gasteiger charge is 2.26. The van der Waals surface area contributed by atoms with Gasteiger partial charge in [0.05, 0.1) is 0 Å². The third-order valence-electron chi connectivity index (χ3n) is 3.21. The van der Waals surface area contributed by atoms with Gasteiger partial charge in [0.1, 0.15) is 0 Å². The van der Waals surface area contributed by atoms with Crippen LogP contribution in [0.1, 0.15) is 32.6 Å². The molecule has 1 aliphatic carbocycles. The monoisotopic (exact) mass is 195 g/mol. The van der Waals surface area contributed by atoms with Crippen LogP contribution in [0.2, 0.25) is 0 Å². The van der Waals surface area contributed by atoms with E-state index >= 15 is 0 Å². The van der Waals surface area contributed by atoms with Gasteiger partial charge < -0.3 is 4.90 Å². The lowest BCUT2D eigenvalue weighted by molar-refractivity contribution is 0.319. The zero-order chi connectivity index (χ0) is 9.97. The van der Waals surface area contributed by atoms with Crippen molar-refractivity contribution in [2.45, 2.75) is 38.6 Å². The fourth-order valence-corrected chi connectivity index (χ4v) is 2.33. The first-order valence-electron chi connectivity index (χ1n) is 5.25. The lowest BCUT2D eigenvalue weighted by Gasteiger charge is -2.35. The molecule has 1 fully saturated rings. The average Bonchev–Trinajstić information content (AvgIpc) is 2.70. The molecule has 0 aliphatic heterocycles. The van der Waals surface area contributed by atoms with Crippen LogP contribution in [0.25, 0.3) is 0 Å². The minimum Gasteiger partial charge on any atom is -0.338 e. The fourth-order valence-electron chi connectivity index (χ4n) is 2.33. The Labute approximate surface area is 83.9 Å². The highest BCUT2D eigenvalue weighted by Crippen LogP contribution is 2.28. The maximum Gasteiger partial charge on any atom is 0.265 e. The molecule has 0 amide bonds. The van der Waals surface area contributed by atoms with E-state index in [-0.39, 0.29) is 0 Å². The summed E-state index contributed by atoms with van der Waals surface area (Å²) in [5, 5.41) is 14.1. The van der Waals surface area contributed by atoms with Gasteiger partial charge in [-0.1, -0.05) is 24.9 Å². The third-order valence-corrected chi connectivity index (χ3v) is 3.21. The van der Waals surface area contributed by atoms with Crippen LogP contribution in [0.3, 0.4) is 0 Å². The van der Waals surface area contributed by atoms with Gasteiger partial charge in [-0.3, -0.25) is 0 Å².